The van der Waals surface area contributed by atoms with Crippen molar-refractivity contribution >= 4 is 60.2 Å². The molecule has 0 atom stereocenters. The number of halogens is 1. The van der Waals surface area contributed by atoms with Gasteiger partial charge in [0.25, 0.3) is 5.91 Å². The fraction of sp³-hybridized carbons (Fsp3) is 0.222. The van der Waals surface area contributed by atoms with E-state index < -0.39 is 10.0 Å². The number of thiophene rings is 1. The van der Waals surface area contributed by atoms with Crippen LogP contribution in [0.3, 0.4) is 0 Å². The topological polar surface area (TPSA) is 79.4 Å². The molecule has 0 saturated heterocycles. The van der Waals surface area contributed by atoms with Crippen LogP contribution < -0.4 is 9.62 Å². The Morgan fingerprint density at radius 1 is 1.25 bits per heavy atom. The molecule has 1 amide bonds. The van der Waals surface area contributed by atoms with Crippen molar-refractivity contribution in [2.75, 3.05) is 23.1 Å². The maximum absolute atomic E-state index is 12.7. The van der Waals surface area contributed by atoms with Crippen molar-refractivity contribution in [1.82, 2.24) is 10.3 Å². The molecule has 0 unspecified atom stereocenters. The molecule has 0 bridgehead atoms. The van der Waals surface area contributed by atoms with Gasteiger partial charge in [0.05, 0.1) is 16.3 Å². The fourth-order valence-corrected chi connectivity index (χ4v) is 6.74. The molecule has 6 nitrogen and oxygen atoms in total. The first-order valence-corrected chi connectivity index (χ1v) is 12.7. The van der Waals surface area contributed by atoms with E-state index in [1.54, 1.807) is 16.7 Å². The molecule has 2 aromatic heterocycles. The van der Waals surface area contributed by atoms with Crippen LogP contribution in [-0.4, -0.2) is 38.2 Å². The number of aromatic nitrogens is 1. The highest BCUT2D eigenvalue weighted by molar-refractivity contribution is 9.10. The number of hydrogen-bond donors (Lipinski definition) is 1. The van der Waals surface area contributed by atoms with Crippen LogP contribution in [0.1, 0.15) is 16.1 Å². The number of anilines is 1. The number of benzene rings is 1. The lowest BCUT2D eigenvalue weighted by molar-refractivity contribution is 0.0952. The highest BCUT2D eigenvalue weighted by atomic mass is 79.9. The molecule has 10 heteroatoms. The normalized spacial score (nSPS) is 13.5. The van der Waals surface area contributed by atoms with E-state index in [0.717, 1.165) is 25.6 Å². The second-order valence-corrected chi connectivity index (χ2v) is 10.9. The van der Waals surface area contributed by atoms with Gasteiger partial charge in [-0.15, -0.1) is 22.7 Å². The highest BCUT2D eigenvalue weighted by Gasteiger charge is 2.28. The fourth-order valence-electron chi connectivity index (χ4n) is 3.01. The Bertz CT molecular complexity index is 1120. The number of carbonyl (C=O) groups is 1. The maximum Gasteiger partial charge on any atom is 0.270 e. The predicted molar refractivity (Wildman–Crippen MR) is 117 cm³/mol. The molecule has 1 aliphatic rings. The van der Waals surface area contributed by atoms with Crippen LogP contribution in [0.15, 0.2) is 45.6 Å². The number of sulfonamides is 1. The number of rotatable bonds is 6. The summed E-state index contributed by atoms with van der Waals surface area (Å²) in [5.41, 5.74) is 2.07. The number of para-hydroxylation sites is 1. The summed E-state index contributed by atoms with van der Waals surface area (Å²) >= 11 is 6.33. The number of fused-ring (bicyclic) bond motifs is 1. The third kappa shape index (κ3) is 4.00. The van der Waals surface area contributed by atoms with Crippen LogP contribution in [0, 0.1) is 0 Å². The van der Waals surface area contributed by atoms with Crippen LogP contribution in [-0.2, 0) is 16.4 Å². The predicted octanol–water partition coefficient (Wildman–Crippen LogP) is 3.76. The number of hydrogen-bond acceptors (Lipinski definition) is 6. The average molecular weight is 498 g/mol. The van der Waals surface area contributed by atoms with Crippen molar-refractivity contribution in [1.29, 1.82) is 0 Å². The van der Waals surface area contributed by atoms with Gasteiger partial charge in [0.15, 0.2) is 0 Å². The molecule has 146 valence electrons. The second kappa shape index (κ2) is 7.94. The standard InChI is InChI=1S/C18H16BrN3O3S3/c19-13-9-16(26-10-13)18-21-14(11-27-18)17(23)20-6-8-28(24,25)22-7-5-12-3-1-2-4-15(12)22/h1-4,9-11H,5-8H2,(H,20,23). The SMILES string of the molecule is O=C(NCCS(=O)(=O)N1CCc2ccccc21)c1csc(-c2cc(Br)cs2)n1. The number of nitrogens with zero attached hydrogens (tertiary/aromatic N) is 2. The summed E-state index contributed by atoms with van der Waals surface area (Å²) in [5, 5.41) is 7.07. The monoisotopic (exact) mass is 497 g/mol. The van der Waals surface area contributed by atoms with E-state index in [4.69, 9.17) is 0 Å². The number of thiazole rings is 1. The van der Waals surface area contributed by atoms with Crippen LogP contribution in [0.4, 0.5) is 5.69 Å². The van der Waals surface area contributed by atoms with E-state index in [1.807, 2.05) is 35.7 Å². The summed E-state index contributed by atoms with van der Waals surface area (Å²) in [6, 6.07) is 9.45. The molecule has 1 aromatic carbocycles. The number of carbonyl (C=O) groups excluding carboxylic acids is 1. The lowest BCUT2D eigenvalue weighted by Crippen LogP contribution is -2.37. The summed E-state index contributed by atoms with van der Waals surface area (Å²) in [6.45, 7) is 0.485. The summed E-state index contributed by atoms with van der Waals surface area (Å²) in [5.74, 6) is -0.516. The Morgan fingerprint density at radius 3 is 2.86 bits per heavy atom. The molecule has 1 N–H and O–H groups in total. The van der Waals surface area contributed by atoms with Gasteiger partial charge in [0.1, 0.15) is 10.7 Å². The molecule has 0 spiro atoms. The first-order valence-electron chi connectivity index (χ1n) is 8.50. The molecule has 3 aromatic rings. The largest absolute Gasteiger partial charge is 0.350 e. The summed E-state index contributed by atoms with van der Waals surface area (Å²) in [7, 11) is -3.49. The Morgan fingerprint density at radius 2 is 2.07 bits per heavy atom. The first kappa shape index (κ1) is 19.6. The van der Waals surface area contributed by atoms with Gasteiger partial charge >= 0.3 is 0 Å². The average Bonchev–Trinajstić information content (AvgIpc) is 3.40. The zero-order chi connectivity index (χ0) is 19.7. The summed E-state index contributed by atoms with van der Waals surface area (Å²) in [4.78, 5) is 17.6. The van der Waals surface area contributed by atoms with Gasteiger partial charge in [0, 0.05) is 28.3 Å². The van der Waals surface area contributed by atoms with Gasteiger partial charge in [-0.3, -0.25) is 9.10 Å². The van der Waals surface area contributed by atoms with E-state index in [0.29, 0.717) is 18.7 Å². The minimum absolute atomic E-state index is 0.0389. The van der Waals surface area contributed by atoms with Gasteiger partial charge in [-0.2, -0.15) is 0 Å². The van der Waals surface area contributed by atoms with Crippen molar-refractivity contribution in [3.63, 3.8) is 0 Å². The maximum atomic E-state index is 12.7. The third-order valence-corrected chi connectivity index (χ3v) is 8.81. The van der Waals surface area contributed by atoms with Gasteiger partial charge in [-0.25, -0.2) is 13.4 Å². The lowest BCUT2D eigenvalue weighted by Gasteiger charge is -2.19. The molecule has 3 heterocycles. The van der Waals surface area contributed by atoms with Crippen LogP contribution >= 0.6 is 38.6 Å². The molecule has 0 radical (unpaired) electrons. The van der Waals surface area contributed by atoms with Gasteiger partial charge in [0.2, 0.25) is 10.0 Å². The van der Waals surface area contributed by atoms with Crippen LogP contribution in [0.2, 0.25) is 0 Å². The molecule has 0 aliphatic carbocycles. The lowest BCUT2D eigenvalue weighted by atomic mass is 10.2. The zero-order valence-electron chi connectivity index (χ0n) is 14.6. The van der Waals surface area contributed by atoms with Crippen LogP contribution in [0.5, 0.6) is 0 Å². The third-order valence-electron chi connectivity index (χ3n) is 4.34. The summed E-state index contributed by atoms with van der Waals surface area (Å²) in [6.07, 6.45) is 0.711. The van der Waals surface area contributed by atoms with E-state index >= 15 is 0 Å². The minimum Gasteiger partial charge on any atom is -0.350 e. The molecular weight excluding hydrogens is 482 g/mol. The van der Waals surface area contributed by atoms with Crippen molar-refractivity contribution in [2.45, 2.75) is 6.42 Å². The zero-order valence-corrected chi connectivity index (χ0v) is 18.6. The van der Waals surface area contributed by atoms with Gasteiger partial charge < -0.3 is 5.32 Å². The van der Waals surface area contributed by atoms with Crippen molar-refractivity contribution in [3.05, 3.63) is 56.8 Å². The molecular formula is C18H16BrN3O3S3. The molecule has 1 aliphatic heterocycles. The number of amides is 1. The van der Waals surface area contributed by atoms with E-state index in [1.165, 1.54) is 15.6 Å². The quantitative estimate of drug-likeness (QED) is 0.562. The van der Waals surface area contributed by atoms with Crippen molar-refractivity contribution in [2.24, 2.45) is 0 Å². The van der Waals surface area contributed by atoms with Crippen molar-refractivity contribution < 1.29 is 13.2 Å². The Labute approximate surface area is 179 Å². The summed E-state index contributed by atoms with van der Waals surface area (Å²) < 4.78 is 27.7. The molecule has 4 rings (SSSR count). The van der Waals surface area contributed by atoms with E-state index in [2.05, 4.69) is 26.2 Å². The van der Waals surface area contributed by atoms with Crippen molar-refractivity contribution in [3.8, 4) is 9.88 Å². The molecule has 0 saturated carbocycles. The first-order chi connectivity index (χ1) is 13.4. The van der Waals surface area contributed by atoms with Gasteiger partial charge in [-0.1, -0.05) is 18.2 Å². The highest BCUT2D eigenvalue weighted by Crippen LogP contribution is 2.32. The van der Waals surface area contributed by atoms with Gasteiger partial charge in [-0.05, 0) is 40.0 Å². The Kier molecular flexibility index (Phi) is 5.55. The minimum atomic E-state index is -3.49. The van der Waals surface area contributed by atoms with E-state index in [9.17, 15) is 13.2 Å². The van der Waals surface area contributed by atoms with Crippen LogP contribution in [0.25, 0.3) is 9.88 Å². The smallest absolute Gasteiger partial charge is 0.270 e. The van der Waals surface area contributed by atoms with E-state index in [-0.39, 0.29) is 18.2 Å². The Hall–Kier alpha value is -1.75. The number of nitrogens with one attached hydrogen (secondary N) is 1. The molecule has 28 heavy (non-hydrogen) atoms. The molecule has 0 fully saturated rings. The second-order valence-electron chi connectivity index (χ2n) is 6.19. The Balaban J connectivity index is 1.36.